The van der Waals surface area contributed by atoms with E-state index in [4.69, 9.17) is 20.7 Å². The summed E-state index contributed by atoms with van der Waals surface area (Å²) in [5, 5.41) is 17.8. The quantitative estimate of drug-likeness (QED) is 0.361. The summed E-state index contributed by atoms with van der Waals surface area (Å²) in [5.74, 6) is -2.84. The summed E-state index contributed by atoms with van der Waals surface area (Å²) in [4.78, 5) is 34.6. The Bertz CT molecular complexity index is 390. The number of carboxylic acid groups (broad SMARTS) is 1. The SMILES string of the molecule is CC(=O)[C@@](CC(=O)O)(C[N+](C)(C)C)OC(=O)[C@@H](N)CO. The predicted octanol–water partition coefficient (Wildman–Crippen LogP) is -1.64. The van der Waals surface area contributed by atoms with Gasteiger partial charge in [0.25, 0.3) is 0 Å². The van der Waals surface area contributed by atoms with Gasteiger partial charge in [0.05, 0.1) is 34.2 Å². The highest BCUT2D eigenvalue weighted by Crippen LogP contribution is 2.22. The Morgan fingerprint density at radius 3 is 2.10 bits per heavy atom. The summed E-state index contributed by atoms with van der Waals surface area (Å²) in [7, 11) is 5.21. The van der Waals surface area contributed by atoms with Crippen molar-refractivity contribution in [1.29, 1.82) is 0 Å². The van der Waals surface area contributed by atoms with Crippen LogP contribution in [0.4, 0.5) is 0 Å². The number of hydrogen-bond donors (Lipinski definition) is 3. The van der Waals surface area contributed by atoms with E-state index < -0.39 is 42.4 Å². The van der Waals surface area contributed by atoms with E-state index >= 15 is 0 Å². The maximum atomic E-state index is 11.9. The molecule has 0 amide bonds. The highest BCUT2D eigenvalue weighted by Gasteiger charge is 2.47. The molecule has 2 atom stereocenters. The zero-order valence-electron chi connectivity index (χ0n) is 12.3. The van der Waals surface area contributed by atoms with Crippen LogP contribution in [0, 0.1) is 0 Å². The van der Waals surface area contributed by atoms with Crippen LogP contribution in [-0.4, -0.2) is 78.4 Å². The topological polar surface area (TPSA) is 127 Å². The van der Waals surface area contributed by atoms with Gasteiger partial charge in [-0.25, -0.2) is 0 Å². The smallest absolute Gasteiger partial charge is 0.326 e. The molecule has 0 unspecified atom stereocenters. The van der Waals surface area contributed by atoms with Gasteiger partial charge < -0.3 is 25.2 Å². The first-order valence-corrected chi connectivity index (χ1v) is 6.06. The molecule has 116 valence electrons. The molecule has 8 heteroatoms. The molecule has 0 aliphatic rings. The van der Waals surface area contributed by atoms with Crippen molar-refractivity contribution in [3.63, 3.8) is 0 Å². The molecule has 0 aromatic heterocycles. The number of nitrogens with zero attached hydrogens (tertiary/aromatic N) is 1. The maximum absolute atomic E-state index is 11.9. The van der Waals surface area contributed by atoms with Crippen molar-refractivity contribution in [1.82, 2.24) is 0 Å². The Kier molecular flexibility index (Phi) is 6.27. The average Bonchev–Trinajstić information content (AvgIpc) is 2.23. The van der Waals surface area contributed by atoms with Crippen LogP contribution in [-0.2, 0) is 19.1 Å². The van der Waals surface area contributed by atoms with E-state index in [0.29, 0.717) is 0 Å². The maximum Gasteiger partial charge on any atom is 0.326 e. The summed E-state index contributed by atoms with van der Waals surface area (Å²) in [5.41, 5.74) is 3.53. The number of esters is 1. The van der Waals surface area contributed by atoms with Crippen molar-refractivity contribution in [2.75, 3.05) is 34.3 Å². The van der Waals surface area contributed by atoms with Crippen molar-refractivity contribution in [3.8, 4) is 0 Å². The Morgan fingerprint density at radius 1 is 1.30 bits per heavy atom. The van der Waals surface area contributed by atoms with Crippen LogP contribution in [0.5, 0.6) is 0 Å². The Morgan fingerprint density at radius 2 is 1.80 bits per heavy atom. The molecule has 0 aromatic carbocycles. The number of carboxylic acids is 1. The third-order valence-electron chi connectivity index (χ3n) is 2.60. The highest BCUT2D eigenvalue weighted by molar-refractivity contribution is 5.92. The molecule has 0 aliphatic carbocycles. The first kappa shape index (κ1) is 18.5. The lowest BCUT2D eigenvalue weighted by Gasteiger charge is -2.36. The van der Waals surface area contributed by atoms with Gasteiger partial charge in [-0.15, -0.1) is 0 Å². The van der Waals surface area contributed by atoms with Crippen molar-refractivity contribution < 1.29 is 33.8 Å². The van der Waals surface area contributed by atoms with Crippen LogP contribution < -0.4 is 5.73 Å². The van der Waals surface area contributed by atoms with E-state index in [1.165, 1.54) is 0 Å². The second kappa shape index (κ2) is 6.78. The zero-order valence-corrected chi connectivity index (χ0v) is 12.3. The van der Waals surface area contributed by atoms with Crippen LogP contribution in [0.1, 0.15) is 13.3 Å². The lowest BCUT2D eigenvalue weighted by atomic mass is 9.93. The summed E-state index contributed by atoms with van der Waals surface area (Å²) in [6, 6.07) is -1.31. The number of Topliss-reactive ketones (excluding diaryl/α,β-unsaturated/α-hetero) is 1. The highest BCUT2D eigenvalue weighted by atomic mass is 16.6. The van der Waals surface area contributed by atoms with Gasteiger partial charge in [0.15, 0.2) is 5.78 Å². The summed E-state index contributed by atoms with van der Waals surface area (Å²) in [6.07, 6.45) is -0.651. The summed E-state index contributed by atoms with van der Waals surface area (Å²) in [6.45, 7) is 0.499. The van der Waals surface area contributed by atoms with Crippen LogP contribution >= 0.6 is 0 Å². The molecule has 0 radical (unpaired) electrons. The van der Waals surface area contributed by atoms with Crippen molar-refractivity contribution in [2.24, 2.45) is 5.73 Å². The third kappa shape index (κ3) is 5.64. The Labute approximate surface area is 117 Å². The van der Waals surface area contributed by atoms with E-state index in [9.17, 15) is 14.4 Å². The largest absolute Gasteiger partial charge is 0.481 e. The van der Waals surface area contributed by atoms with E-state index in [0.717, 1.165) is 6.92 Å². The lowest BCUT2D eigenvalue weighted by molar-refractivity contribution is -0.875. The van der Waals surface area contributed by atoms with Gasteiger partial charge in [-0.3, -0.25) is 14.4 Å². The number of aliphatic hydroxyl groups is 1. The van der Waals surface area contributed by atoms with E-state index in [1.807, 2.05) is 0 Å². The van der Waals surface area contributed by atoms with E-state index in [2.05, 4.69) is 0 Å². The molecule has 0 bridgehead atoms. The molecule has 20 heavy (non-hydrogen) atoms. The lowest BCUT2D eigenvalue weighted by Crippen LogP contribution is -2.58. The van der Waals surface area contributed by atoms with Crippen molar-refractivity contribution in [3.05, 3.63) is 0 Å². The molecule has 0 spiro atoms. The first-order chi connectivity index (χ1) is 8.93. The molecule has 0 rings (SSSR count). The van der Waals surface area contributed by atoms with Crippen LogP contribution in [0.15, 0.2) is 0 Å². The van der Waals surface area contributed by atoms with E-state index in [-0.39, 0.29) is 11.0 Å². The zero-order chi connectivity index (χ0) is 16.1. The van der Waals surface area contributed by atoms with Crippen LogP contribution in [0.25, 0.3) is 0 Å². The first-order valence-electron chi connectivity index (χ1n) is 6.06. The molecule has 0 heterocycles. The number of likely N-dealkylation sites (N-methyl/N-ethyl adjacent to an activating group) is 1. The number of quaternary nitrogens is 1. The number of rotatable bonds is 8. The molecule has 0 aromatic rings. The molecule has 4 N–H and O–H groups in total. The van der Waals surface area contributed by atoms with Gasteiger partial charge >= 0.3 is 11.9 Å². The number of aliphatic hydroxyl groups excluding tert-OH is 1. The number of carbonyl (C=O) groups is 3. The molecular formula is C12H23N2O6+. The van der Waals surface area contributed by atoms with Gasteiger partial charge in [0.2, 0.25) is 5.60 Å². The monoisotopic (exact) mass is 291 g/mol. The van der Waals surface area contributed by atoms with Crippen molar-refractivity contribution in [2.45, 2.75) is 25.0 Å². The Hall–Kier alpha value is -1.51. The van der Waals surface area contributed by atoms with Gasteiger partial charge in [0, 0.05) is 0 Å². The standard InChI is InChI=1S/C12H22N2O6/c1-8(16)12(5-10(17)18,7-14(2,3)4)20-11(19)9(13)6-15/h9,15H,5-7,13H2,1-4H3/p+1/t9-,12+/m0/s1. The van der Waals surface area contributed by atoms with Gasteiger partial charge in [-0.1, -0.05) is 0 Å². The van der Waals surface area contributed by atoms with Gasteiger partial charge in [-0.05, 0) is 6.92 Å². The predicted molar refractivity (Wildman–Crippen MR) is 69.7 cm³/mol. The number of ether oxygens (including phenoxy) is 1. The molecular weight excluding hydrogens is 268 g/mol. The minimum absolute atomic E-state index is 0.0154. The van der Waals surface area contributed by atoms with E-state index in [1.54, 1.807) is 21.1 Å². The van der Waals surface area contributed by atoms with Crippen molar-refractivity contribution >= 4 is 17.7 Å². The molecule has 0 saturated heterocycles. The Balaban J connectivity index is 5.45. The number of aliphatic carboxylic acids is 1. The molecule has 8 nitrogen and oxygen atoms in total. The summed E-state index contributed by atoms with van der Waals surface area (Å²) >= 11 is 0. The van der Waals surface area contributed by atoms with Crippen LogP contribution in [0.2, 0.25) is 0 Å². The van der Waals surface area contributed by atoms with Crippen LogP contribution in [0.3, 0.4) is 0 Å². The molecule has 0 aliphatic heterocycles. The number of nitrogens with two attached hydrogens (primary N) is 1. The second-order valence-corrected chi connectivity index (χ2v) is 5.78. The summed E-state index contributed by atoms with van der Waals surface area (Å²) < 4.78 is 5.29. The molecule has 0 saturated carbocycles. The number of ketones is 1. The third-order valence-corrected chi connectivity index (χ3v) is 2.60. The normalized spacial score (nSPS) is 16.1. The average molecular weight is 291 g/mol. The minimum Gasteiger partial charge on any atom is -0.481 e. The van der Waals surface area contributed by atoms with Gasteiger partial charge in [0.1, 0.15) is 12.6 Å². The fraction of sp³-hybridized carbons (Fsp3) is 0.750. The fourth-order valence-corrected chi connectivity index (χ4v) is 1.79. The van der Waals surface area contributed by atoms with Gasteiger partial charge in [-0.2, -0.15) is 0 Å². The minimum atomic E-state index is -1.80. The molecule has 0 fully saturated rings. The fourth-order valence-electron chi connectivity index (χ4n) is 1.79. The number of hydrogen-bond acceptors (Lipinski definition) is 6. The number of carbonyl (C=O) groups excluding carboxylic acids is 2. The second-order valence-electron chi connectivity index (χ2n) is 5.78.